The van der Waals surface area contributed by atoms with Crippen molar-refractivity contribution in [2.75, 3.05) is 44.2 Å². The number of rotatable bonds is 9. The molecule has 3 heterocycles. The first-order valence-electron chi connectivity index (χ1n) is 16.1. The van der Waals surface area contributed by atoms with Crippen molar-refractivity contribution in [3.63, 3.8) is 0 Å². The van der Waals surface area contributed by atoms with Crippen LogP contribution in [0.1, 0.15) is 30.4 Å². The number of nitrogens with two attached hydrogens (primary N) is 1. The summed E-state index contributed by atoms with van der Waals surface area (Å²) in [7, 11) is 1.55. The minimum Gasteiger partial charge on any atom is -0.354 e. The van der Waals surface area contributed by atoms with E-state index < -0.39 is 23.5 Å². The Morgan fingerprint density at radius 3 is 2.47 bits per heavy atom. The van der Waals surface area contributed by atoms with E-state index in [2.05, 4.69) is 40.3 Å². The highest BCUT2D eigenvalue weighted by atomic mass is 19.1. The predicted molar refractivity (Wildman–Crippen MR) is 177 cm³/mol. The Kier molecular flexibility index (Phi) is 9.47. The van der Waals surface area contributed by atoms with E-state index in [1.165, 1.54) is 22.9 Å². The van der Waals surface area contributed by atoms with Crippen LogP contribution in [0, 0.1) is 17.6 Å². The summed E-state index contributed by atoms with van der Waals surface area (Å²) < 4.78 is 30.3. The van der Waals surface area contributed by atoms with Crippen LogP contribution in [0.25, 0.3) is 10.8 Å². The highest BCUT2D eigenvalue weighted by molar-refractivity contribution is 5.85. The zero-order valence-corrected chi connectivity index (χ0v) is 26.7. The summed E-state index contributed by atoms with van der Waals surface area (Å²) in [5.41, 5.74) is 7.12. The smallest absolute Gasteiger partial charge is 0.266 e. The number of fused-ring (bicyclic) bond motifs is 1. The summed E-state index contributed by atoms with van der Waals surface area (Å²) in [6, 6.07) is 20.3. The van der Waals surface area contributed by atoms with Gasteiger partial charge in [-0.25, -0.2) is 13.5 Å². The van der Waals surface area contributed by atoms with Crippen LogP contribution >= 0.6 is 0 Å². The standard InChI is InChI=1S/C36H40F2N6O3/c1-23(45)33(18-24-7-8-25-5-3-4-6-26(25)17-24)42-15-16-44(28(20-42)13-14-39)36(47)31-22-43(34-11-12-35(46)41(2)40-34)21-30(31)29-10-9-27(37)19-32(29)38/h3-12,17,19,28,30-31,33H,13-16,18,20-22,39H2,1-2H3/t28-,30-,31+,33-/m0/s1. The molecule has 2 aliphatic heterocycles. The van der Waals surface area contributed by atoms with Crippen LogP contribution in [0.15, 0.2) is 77.6 Å². The minimum absolute atomic E-state index is 0.0625. The van der Waals surface area contributed by atoms with Crippen molar-refractivity contribution in [2.24, 2.45) is 18.7 Å². The number of benzene rings is 3. The van der Waals surface area contributed by atoms with Crippen molar-refractivity contribution in [3.8, 4) is 0 Å². The van der Waals surface area contributed by atoms with E-state index in [1.807, 2.05) is 21.9 Å². The average molecular weight is 643 g/mol. The van der Waals surface area contributed by atoms with Crippen molar-refractivity contribution in [1.82, 2.24) is 19.6 Å². The van der Waals surface area contributed by atoms with Crippen molar-refractivity contribution in [1.29, 1.82) is 0 Å². The Morgan fingerprint density at radius 1 is 0.957 bits per heavy atom. The Bertz CT molecular complexity index is 1850. The lowest BCUT2D eigenvalue weighted by Gasteiger charge is -2.45. The normalized spacial score (nSPS) is 20.9. The third-order valence-electron chi connectivity index (χ3n) is 9.72. The van der Waals surface area contributed by atoms with Gasteiger partial charge < -0.3 is 15.5 Å². The van der Waals surface area contributed by atoms with Crippen molar-refractivity contribution in [2.45, 2.75) is 37.8 Å². The highest BCUT2D eigenvalue weighted by Crippen LogP contribution is 2.38. The molecular weight excluding hydrogens is 602 g/mol. The number of hydrogen-bond donors (Lipinski definition) is 1. The average Bonchev–Trinajstić information content (AvgIpc) is 3.49. The third-order valence-corrected chi connectivity index (χ3v) is 9.72. The fourth-order valence-corrected chi connectivity index (χ4v) is 7.24. The molecule has 2 aliphatic rings. The quantitative estimate of drug-likeness (QED) is 0.298. The number of carbonyl (C=O) groups excluding carboxylic acids is 2. The summed E-state index contributed by atoms with van der Waals surface area (Å²) in [6.45, 7) is 3.85. The van der Waals surface area contributed by atoms with Crippen LogP contribution in [0.2, 0.25) is 0 Å². The molecule has 0 bridgehead atoms. The molecule has 0 saturated carbocycles. The van der Waals surface area contributed by atoms with Gasteiger partial charge in [-0.1, -0.05) is 48.5 Å². The summed E-state index contributed by atoms with van der Waals surface area (Å²) in [6.07, 6.45) is 1.09. The second kappa shape index (κ2) is 13.7. The van der Waals surface area contributed by atoms with Gasteiger partial charge in [0.25, 0.3) is 5.56 Å². The second-order valence-electron chi connectivity index (χ2n) is 12.7. The van der Waals surface area contributed by atoms with Crippen molar-refractivity contribution < 1.29 is 18.4 Å². The van der Waals surface area contributed by atoms with Gasteiger partial charge in [-0.2, -0.15) is 5.10 Å². The first kappa shape index (κ1) is 32.5. The number of Topliss-reactive ketones (excluding diaryl/α,β-unsaturated/α-hetero) is 1. The predicted octanol–water partition coefficient (Wildman–Crippen LogP) is 3.49. The zero-order chi connectivity index (χ0) is 33.2. The van der Waals surface area contributed by atoms with E-state index in [1.54, 1.807) is 20.0 Å². The fraction of sp³-hybridized carbons (Fsp3) is 0.389. The Hall–Kier alpha value is -4.48. The molecule has 9 nitrogen and oxygen atoms in total. The zero-order valence-electron chi connectivity index (χ0n) is 26.7. The highest BCUT2D eigenvalue weighted by Gasteiger charge is 2.45. The van der Waals surface area contributed by atoms with E-state index in [0.717, 1.165) is 22.4 Å². The summed E-state index contributed by atoms with van der Waals surface area (Å²) in [5.74, 6) is -2.20. The van der Waals surface area contributed by atoms with Gasteiger partial charge in [0.1, 0.15) is 23.2 Å². The number of ketones is 1. The van der Waals surface area contributed by atoms with E-state index in [9.17, 15) is 18.8 Å². The maximum atomic E-state index is 15.2. The first-order chi connectivity index (χ1) is 22.6. The van der Waals surface area contributed by atoms with Crippen LogP contribution in [-0.2, 0) is 23.1 Å². The fourth-order valence-electron chi connectivity index (χ4n) is 7.24. The molecule has 4 aromatic rings. The number of aromatic nitrogens is 2. The van der Waals surface area contributed by atoms with Gasteiger partial charge in [0.15, 0.2) is 0 Å². The first-order valence-corrected chi connectivity index (χ1v) is 16.1. The van der Waals surface area contributed by atoms with Gasteiger partial charge in [-0.05, 0) is 60.3 Å². The lowest BCUT2D eigenvalue weighted by molar-refractivity contribution is -0.141. The molecule has 2 N–H and O–H groups in total. The van der Waals surface area contributed by atoms with Crippen LogP contribution in [-0.4, -0.2) is 82.6 Å². The summed E-state index contributed by atoms with van der Waals surface area (Å²) >= 11 is 0. The van der Waals surface area contributed by atoms with E-state index in [4.69, 9.17) is 5.73 Å². The maximum Gasteiger partial charge on any atom is 0.266 e. The lowest BCUT2D eigenvalue weighted by Crippen LogP contribution is -2.60. The van der Waals surface area contributed by atoms with Gasteiger partial charge in [0, 0.05) is 63.9 Å². The molecule has 6 rings (SSSR count). The van der Waals surface area contributed by atoms with Crippen LogP contribution < -0.4 is 16.2 Å². The van der Waals surface area contributed by atoms with Crippen LogP contribution in [0.4, 0.5) is 14.6 Å². The monoisotopic (exact) mass is 642 g/mol. The van der Waals surface area contributed by atoms with Gasteiger partial charge in [-0.15, -0.1) is 0 Å². The van der Waals surface area contributed by atoms with Crippen molar-refractivity contribution in [3.05, 3.63) is 106 Å². The maximum absolute atomic E-state index is 15.2. The molecule has 47 heavy (non-hydrogen) atoms. The molecule has 0 aliphatic carbocycles. The minimum atomic E-state index is -0.704. The third kappa shape index (κ3) is 6.82. The molecule has 1 aromatic heterocycles. The number of hydrogen-bond acceptors (Lipinski definition) is 7. The van der Waals surface area contributed by atoms with E-state index in [-0.39, 0.29) is 48.0 Å². The largest absolute Gasteiger partial charge is 0.354 e. The van der Waals surface area contributed by atoms with E-state index in [0.29, 0.717) is 44.8 Å². The lowest BCUT2D eigenvalue weighted by atomic mass is 9.86. The SMILES string of the molecule is CC(=O)[C@H](Cc1ccc2ccccc2c1)N1CCN(C(=O)[C@@H]2CN(c3ccc(=O)n(C)n3)C[C@H]2c2ccc(F)cc2F)[C@@H](CCN)C1. The van der Waals surface area contributed by atoms with Gasteiger partial charge in [0.2, 0.25) is 5.91 Å². The molecule has 0 spiro atoms. The molecular formula is C36H40F2N6O3. The number of anilines is 1. The van der Waals surface area contributed by atoms with Crippen LogP contribution in [0.3, 0.4) is 0 Å². The molecule has 246 valence electrons. The number of carbonyl (C=O) groups is 2. The number of halogens is 2. The summed E-state index contributed by atoms with van der Waals surface area (Å²) in [5, 5.41) is 6.62. The summed E-state index contributed by atoms with van der Waals surface area (Å²) in [4.78, 5) is 45.4. The van der Waals surface area contributed by atoms with Gasteiger partial charge >= 0.3 is 0 Å². The molecule has 4 atom stereocenters. The molecule has 0 radical (unpaired) electrons. The molecule has 11 heteroatoms. The second-order valence-corrected chi connectivity index (χ2v) is 12.7. The Labute approximate surface area is 272 Å². The number of piperazine rings is 1. The number of nitrogens with zero attached hydrogens (tertiary/aromatic N) is 5. The molecule has 3 aromatic carbocycles. The van der Waals surface area contributed by atoms with Crippen molar-refractivity contribution >= 4 is 28.3 Å². The van der Waals surface area contributed by atoms with Gasteiger partial charge in [0.05, 0.1) is 12.0 Å². The molecule has 2 fully saturated rings. The van der Waals surface area contributed by atoms with E-state index >= 15 is 4.39 Å². The van der Waals surface area contributed by atoms with Gasteiger partial charge in [-0.3, -0.25) is 19.3 Å². The molecule has 0 unspecified atom stereocenters. The Balaban J connectivity index is 1.25. The molecule has 1 amide bonds. The van der Waals surface area contributed by atoms with Crippen LogP contribution in [0.5, 0.6) is 0 Å². The topological polar surface area (TPSA) is 105 Å². The molecule has 2 saturated heterocycles. The number of aryl methyl sites for hydroxylation is 1. The number of amides is 1. The Morgan fingerprint density at radius 2 is 1.74 bits per heavy atom.